The van der Waals surface area contributed by atoms with Gasteiger partial charge in [0, 0.05) is 6.07 Å². The van der Waals surface area contributed by atoms with Gasteiger partial charge in [-0.1, -0.05) is 18.2 Å². The van der Waals surface area contributed by atoms with E-state index in [9.17, 15) is 14.9 Å². The summed E-state index contributed by atoms with van der Waals surface area (Å²) in [6.07, 6.45) is 0. The summed E-state index contributed by atoms with van der Waals surface area (Å²) in [5.74, 6) is -0.0870. The molecule has 0 bridgehead atoms. The quantitative estimate of drug-likeness (QED) is 0.361. The summed E-state index contributed by atoms with van der Waals surface area (Å²) in [4.78, 5) is 23.1. The maximum atomic E-state index is 12.5. The molecule has 0 unspecified atom stereocenters. The second-order valence-corrected chi connectivity index (χ2v) is 5.09. The first kappa shape index (κ1) is 17.3. The zero-order valence-corrected chi connectivity index (χ0v) is 13.8. The molecule has 0 radical (unpaired) electrons. The summed E-state index contributed by atoms with van der Waals surface area (Å²) < 4.78 is 15.5. The molecule has 0 amide bonds. The molecule has 2 aromatic rings. The van der Waals surface area contributed by atoms with Gasteiger partial charge < -0.3 is 14.2 Å². The number of rotatable bonds is 5. The van der Waals surface area contributed by atoms with Crippen LogP contribution in [0.5, 0.6) is 17.2 Å². The number of esters is 1. The van der Waals surface area contributed by atoms with E-state index in [1.165, 1.54) is 20.3 Å². The zero-order valence-electron chi connectivity index (χ0n) is 13.8. The predicted molar refractivity (Wildman–Crippen MR) is 87.1 cm³/mol. The maximum Gasteiger partial charge on any atom is 0.350 e. The third-order valence-electron chi connectivity index (χ3n) is 3.52. The number of ether oxygens (including phenoxy) is 3. The van der Waals surface area contributed by atoms with Crippen LogP contribution in [0.2, 0.25) is 0 Å². The minimum atomic E-state index is -0.833. The summed E-state index contributed by atoms with van der Waals surface area (Å²) >= 11 is 0. The van der Waals surface area contributed by atoms with Crippen LogP contribution in [-0.4, -0.2) is 25.1 Å². The van der Waals surface area contributed by atoms with Gasteiger partial charge in [0.05, 0.1) is 25.2 Å². The predicted octanol–water partition coefficient (Wildman–Crippen LogP) is 3.45. The third-order valence-corrected chi connectivity index (χ3v) is 3.52. The van der Waals surface area contributed by atoms with E-state index >= 15 is 0 Å². The van der Waals surface area contributed by atoms with Crippen LogP contribution in [-0.2, 0) is 0 Å². The van der Waals surface area contributed by atoms with Crippen molar-refractivity contribution in [2.24, 2.45) is 0 Å². The number of hydrogen-bond donors (Lipinski definition) is 0. The standard InChI is InChI=1S/C17H17NO6/c1-10-6-5-7-11(2)16(10)24-17(19)12-8-14(22-3)15(23-4)9-13(12)18(20)21/h5-9H,1-4H3. The molecule has 7 heteroatoms. The molecule has 0 aliphatic heterocycles. The largest absolute Gasteiger partial charge is 0.493 e. The summed E-state index contributed by atoms with van der Waals surface area (Å²) in [5, 5.41) is 11.3. The topological polar surface area (TPSA) is 87.9 Å². The lowest BCUT2D eigenvalue weighted by molar-refractivity contribution is -0.385. The van der Waals surface area contributed by atoms with Crippen molar-refractivity contribution < 1.29 is 23.9 Å². The Balaban J connectivity index is 2.50. The van der Waals surface area contributed by atoms with Gasteiger partial charge in [-0.25, -0.2) is 4.79 Å². The van der Waals surface area contributed by atoms with Crippen LogP contribution >= 0.6 is 0 Å². The Morgan fingerprint density at radius 1 is 1.04 bits per heavy atom. The van der Waals surface area contributed by atoms with Crippen LogP contribution in [0.15, 0.2) is 30.3 Å². The molecule has 24 heavy (non-hydrogen) atoms. The fourth-order valence-electron chi connectivity index (χ4n) is 2.29. The van der Waals surface area contributed by atoms with Crippen LogP contribution in [0, 0.1) is 24.0 Å². The average Bonchev–Trinajstić information content (AvgIpc) is 2.56. The number of nitro groups is 1. The molecule has 0 saturated heterocycles. The van der Waals surface area contributed by atoms with Crippen molar-refractivity contribution in [1.29, 1.82) is 0 Å². The smallest absolute Gasteiger partial charge is 0.350 e. The van der Waals surface area contributed by atoms with Gasteiger partial charge in [-0.3, -0.25) is 10.1 Å². The Morgan fingerprint density at radius 3 is 2.08 bits per heavy atom. The van der Waals surface area contributed by atoms with Gasteiger partial charge in [-0.2, -0.15) is 0 Å². The van der Waals surface area contributed by atoms with Crippen LogP contribution in [0.25, 0.3) is 0 Å². The second kappa shape index (κ2) is 6.99. The van der Waals surface area contributed by atoms with Crippen molar-refractivity contribution in [2.45, 2.75) is 13.8 Å². The number of hydrogen-bond acceptors (Lipinski definition) is 6. The summed E-state index contributed by atoms with van der Waals surface area (Å²) in [7, 11) is 2.74. The molecule has 0 spiro atoms. The van der Waals surface area contributed by atoms with Gasteiger partial charge in [0.25, 0.3) is 5.69 Å². The highest BCUT2D eigenvalue weighted by Gasteiger charge is 2.26. The Labute approximate surface area is 138 Å². The second-order valence-electron chi connectivity index (χ2n) is 5.09. The van der Waals surface area contributed by atoms with E-state index in [4.69, 9.17) is 14.2 Å². The van der Waals surface area contributed by atoms with Gasteiger partial charge >= 0.3 is 5.97 Å². The number of aryl methyl sites for hydroxylation is 2. The first-order valence-electron chi connectivity index (χ1n) is 7.07. The van der Waals surface area contributed by atoms with E-state index in [1.54, 1.807) is 26.0 Å². The van der Waals surface area contributed by atoms with E-state index in [-0.39, 0.29) is 17.1 Å². The zero-order chi connectivity index (χ0) is 17.9. The van der Waals surface area contributed by atoms with E-state index in [1.807, 2.05) is 6.07 Å². The lowest BCUT2D eigenvalue weighted by atomic mass is 10.1. The monoisotopic (exact) mass is 331 g/mol. The third kappa shape index (κ3) is 3.29. The molecule has 0 aliphatic carbocycles. The van der Waals surface area contributed by atoms with E-state index in [2.05, 4.69) is 0 Å². The molecule has 2 aromatic carbocycles. The molecular formula is C17H17NO6. The molecule has 0 atom stereocenters. The highest BCUT2D eigenvalue weighted by molar-refractivity contribution is 5.96. The fourth-order valence-corrected chi connectivity index (χ4v) is 2.29. The van der Waals surface area contributed by atoms with Crippen molar-refractivity contribution in [3.63, 3.8) is 0 Å². The minimum Gasteiger partial charge on any atom is -0.493 e. The number of nitro benzene ring substituents is 1. The van der Waals surface area contributed by atoms with Crippen molar-refractivity contribution in [2.75, 3.05) is 14.2 Å². The number of methoxy groups -OCH3 is 2. The number of para-hydroxylation sites is 1. The first-order chi connectivity index (χ1) is 11.4. The van der Waals surface area contributed by atoms with Gasteiger partial charge in [0.2, 0.25) is 0 Å². The molecule has 126 valence electrons. The van der Waals surface area contributed by atoms with E-state index in [0.29, 0.717) is 5.75 Å². The lowest BCUT2D eigenvalue weighted by Crippen LogP contribution is -2.13. The van der Waals surface area contributed by atoms with Gasteiger partial charge in [-0.05, 0) is 25.0 Å². The maximum absolute atomic E-state index is 12.5. The minimum absolute atomic E-state index is 0.160. The highest BCUT2D eigenvalue weighted by atomic mass is 16.6. The molecular weight excluding hydrogens is 314 g/mol. The summed E-state index contributed by atoms with van der Waals surface area (Å²) in [6, 6.07) is 7.80. The van der Waals surface area contributed by atoms with Gasteiger partial charge in [0.15, 0.2) is 11.5 Å². The number of carbonyl (C=O) groups is 1. The molecule has 0 aromatic heterocycles. The highest BCUT2D eigenvalue weighted by Crippen LogP contribution is 2.35. The van der Waals surface area contributed by atoms with Crippen LogP contribution in [0.3, 0.4) is 0 Å². The molecule has 0 N–H and O–H groups in total. The molecule has 0 heterocycles. The number of carbonyl (C=O) groups excluding carboxylic acids is 1. The average molecular weight is 331 g/mol. The van der Waals surface area contributed by atoms with Crippen molar-refractivity contribution in [1.82, 2.24) is 0 Å². The van der Waals surface area contributed by atoms with Crippen LogP contribution in [0.4, 0.5) is 5.69 Å². The van der Waals surface area contributed by atoms with Gasteiger partial charge in [0.1, 0.15) is 11.3 Å². The van der Waals surface area contributed by atoms with E-state index in [0.717, 1.165) is 17.2 Å². The summed E-state index contributed by atoms with van der Waals surface area (Å²) in [6.45, 7) is 3.58. The van der Waals surface area contributed by atoms with Crippen LogP contribution < -0.4 is 14.2 Å². The number of nitrogens with zero attached hydrogens (tertiary/aromatic N) is 1. The normalized spacial score (nSPS) is 10.2. The Bertz CT molecular complexity index is 780. The van der Waals surface area contributed by atoms with Crippen LogP contribution in [0.1, 0.15) is 21.5 Å². The van der Waals surface area contributed by atoms with E-state index < -0.39 is 16.6 Å². The lowest BCUT2D eigenvalue weighted by Gasteiger charge is -2.12. The first-order valence-corrected chi connectivity index (χ1v) is 7.07. The van der Waals surface area contributed by atoms with Crippen molar-refractivity contribution in [3.05, 3.63) is 57.1 Å². The Hall–Kier alpha value is -3.09. The van der Waals surface area contributed by atoms with Gasteiger partial charge in [-0.15, -0.1) is 0 Å². The number of benzene rings is 2. The van der Waals surface area contributed by atoms with Crippen molar-refractivity contribution in [3.8, 4) is 17.2 Å². The molecule has 7 nitrogen and oxygen atoms in total. The fraction of sp³-hybridized carbons (Fsp3) is 0.235. The Morgan fingerprint density at radius 2 is 1.58 bits per heavy atom. The molecule has 0 aliphatic rings. The molecule has 0 saturated carbocycles. The molecule has 0 fully saturated rings. The summed E-state index contributed by atoms with van der Waals surface area (Å²) in [5.41, 5.74) is 0.891. The Kier molecular flexibility index (Phi) is 5.03. The molecule has 2 rings (SSSR count). The SMILES string of the molecule is COc1cc(C(=O)Oc2c(C)cccc2C)c([N+](=O)[O-])cc1OC. The van der Waals surface area contributed by atoms with Crippen molar-refractivity contribution >= 4 is 11.7 Å².